The van der Waals surface area contributed by atoms with Crippen LogP contribution in [0.4, 0.5) is 22.0 Å². The number of hydrogen-bond donors (Lipinski definition) is 0. The molecule has 138 valence electrons. The van der Waals surface area contributed by atoms with Crippen LogP contribution in [0.15, 0.2) is 30.3 Å². The normalized spacial score (nSPS) is 20.3. The van der Waals surface area contributed by atoms with E-state index in [-0.39, 0.29) is 13.2 Å². The summed E-state index contributed by atoms with van der Waals surface area (Å²) in [5.74, 6) is -12.1. The lowest BCUT2D eigenvalue weighted by Crippen LogP contribution is -2.49. The van der Waals surface area contributed by atoms with Crippen molar-refractivity contribution < 1.29 is 31.5 Å². The van der Waals surface area contributed by atoms with Gasteiger partial charge in [-0.25, -0.2) is 22.0 Å². The molecule has 0 spiro atoms. The maximum atomic E-state index is 14.0. The SMILES string of the molecule is CC1C(c2ccccc2)OCCN1C(=O)c1c(F)c(F)c(F)c(F)c1F. The fourth-order valence-corrected chi connectivity index (χ4v) is 3.02. The average molecular weight is 371 g/mol. The van der Waals surface area contributed by atoms with Crippen LogP contribution in [0.3, 0.4) is 0 Å². The molecule has 1 aliphatic rings. The monoisotopic (exact) mass is 371 g/mol. The van der Waals surface area contributed by atoms with E-state index >= 15 is 0 Å². The summed E-state index contributed by atoms with van der Waals surface area (Å²) >= 11 is 0. The van der Waals surface area contributed by atoms with E-state index in [9.17, 15) is 26.7 Å². The Hall–Kier alpha value is -2.48. The van der Waals surface area contributed by atoms with Crippen LogP contribution in [-0.2, 0) is 4.74 Å². The average Bonchev–Trinajstić information content (AvgIpc) is 2.65. The van der Waals surface area contributed by atoms with Crippen LogP contribution in [0.1, 0.15) is 28.9 Å². The first-order valence-corrected chi connectivity index (χ1v) is 7.83. The molecular weight excluding hydrogens is 357 g/mol. The van der Waals surface area contributed by atoms with Gasteiger partial charge < -0.3 is 9.64 Å². The van der Waals surface area contributed by atoms with E-state index in [1.807, 2.05) is 0 Å². The van der Waals surface area contributed by atoms with Gasteiger partial charge in [-0.2, -0.15) is 0 Å². The first-order chi connectivity index (χ1) is 12.3. The highest BCUT2D eigenvalue weighted by Crippen LogP contribution is 2.31. The number of carbonyl (C=O) groups excluding carboxylic acids is 1. The lowest BCUT2D eigenvalue weighted by atomic mass is 9.99. The third-order valence-corrected chi connectivity index (χ3v) is 4.37. The predicted octanol–water partition coefficient (Wildman–Crippen LogP) is 3.98. The van der Waals surface area contributed by atoms with Crippen molar-refractivity contribution in [1.82, 2.24) is 4.90 Å². The molecule has 0 saturated carbocycles. The number of halogens is 5. The molecule has 2 unspecified atom stereocenters. The number of benzene rings is 2. The van der Waals surface area contributed by atoms with Crippen LogP contribution in [0.25, 0.3) is 0 Å². The van der Waals surface area contributed by atoms with E-state index < -0.39 is 52.7 Å². The Morgan fingerprint density at radius 3 is 2.08 bits per heavy atom. The minimum absolute atomic E-state index is 0.0389. The predicted molar refractivity (Wildman–Crippen MR) is 81.9 cm³/mol. The van der Waals surface area contributed by atoms with E-state index in [2.05, 4.69) is 0 Å². The zero-order valence-corrected chi connectivity index (χ0v) is 13.6. The molecule has 0 bridgehead atoms. The van der Waals surface area contributed by atoms with E-state index in [1.54, 1.807) is 37.3 Å². The number of morpholine rings is 1. The minimum Gasteiger partial charge on any atom is -0.370 e. The Balaban J connectivity index is 1.98. The van der Waals surface area contributed by atoms with Gasteiger partial charge in [0, 0.05) is 6.54 Å². The summed E-state index contributed by atoms with van der Waals surface area (Å²) in [7, 11) is 0. The maximum Gasteiger partial charge on any atom is 0.260 e. The zero-order valence-electron chi connectivity index (χ0n) is 13.6. The molecule has 0 N–H and O–H groups in total. The first kappa shape index (κ1) is 18.3. The molecule has 8 heteroatoms. The standard InChI is InChI=1S/C18H14F5NO2/c1-9-17(10-5-3-2-4-6-10)26-8-7-24(9)18(25)11-12(19)14(21)16(23)15(22)13(11)20/h2-6,9,17H,7-8H2,1H3. The van der Waals surface area contributed by atoms with Crippen LogP contribution >= 0.6 is 0 Å². The van der Waals surface area contributed by atoms with Gasteiger partial charge in [0.05, 0.1) is 12.6 Å². The largest absolute Gasteiger partial charge is 0.370 e. The Labute approximate surface area is 146 Å². The van der Waals surface area contributed by atoms with Crippen molar-refractivity contribution in [3.8, 4) is 0 Å². The number of carbonyl (C=O) groups is 1. The van der Waals surface area contributed by atoms with Gasteiger partial charge in [0.2, 0.25) is 5.82 Å². The van der Waals surface area contributed by atoms with E-state index in [0.717, 1.165) is 10.5 Å². The second-order valence-electron chi connectivity index (χ2n) is 5.89. The number of amides is 1. The van der Waals surface area contributed by atoms with Gasteiger partial charge in [0.15, 0.2) is 23.3 Å². The van der Waals surface area contributed by atoms with Crippen molar-refractivity contribution in [3.05, 3.63) is 70.5 Å². The number of ether oxygens (including phenoxy) is 1. The van der Waals surface area contributed by atoms with Gasteiger partial charge in [0.1, 0.15) is 11.7 Å². The number of rotatable bonds is 2. The van der Waals surface area contributed by atoms with Crippen LogP contribution in [0.2, 0.25) is 0 Å². The summed E-state index contributed by atoms with van der Waals surface area (Å²) in [6, 6.07) is 8.15. The first-order valence-electron chi connectivity index (χ1n) is 7.83. The van der Waals surface area contributed by atoms with Gasteiger partial charge in [-0.3, -0.25) is 4.79 Å². The molecule has 1 fully saturated rings. The highest BCUT2D eigenvalue weighted by molar-refractivity contribution is 5.95. The van der Waals surface area contributed by atoms with E-state index in [1.165, 1.54) is 0 Å². The summed E-state index contributed by atoms with van der Waals surface area (Å²) in [6.45, 7) is 1.61. The maximum absolute atomic E-state index is 14.0. The molecular formula is C18H14F5NO2. The molecule has 0 radical (unpaired) electrons. The molecule has 3 rings (SSSR count). The summed E-state index contributed by atoms with van der Waals surface area (Å²) in [4.78, 5) is 13.6. The van der Waals surface area contributed by atoms with Gasteiger partial charge in [-0.15, -0.1) is 0 Å². The summed E-state index contributed by atoms with van der Waals surface area (Å²) < 4.78 is 73.6. The number of nitrogens with zero attached hydrogens (tertiary/aromatic N) is 1. The Bertz CT molecular complexity index is 814. The Morgan fingerprint density at radius 1 is 0.962 bits per heavy atom. The van der Waals surface area contributed by atoms with Crippen LogP contribution in [0, 0.1) is 29.1 Å². The molecule has 2 aromatic rings. The summed E-state index contributed by atoms with van der Waals surface area (Å²) in [5, 5.41) is 0. The molecule has 0 aromatic heterocycles. The lowest BCUT2D eigenvalue weighted by molar-refractivity contribution is -0.0554. The van der Waals surface area contributed by atoms with Crippen molar-refractivity contribution in [2.45, 2.75) is 19.1 Å². The molecule has 2 aromatic carbocycles. The second-order valence-corrected chi connectivity index (χ2v) is 5.89. The second kappa shape index (κ2) is 7.03. The van der Waals surface area contributed by atoms with Crippen LogP contribution in [0.5, 0.6) is 0 Å². The molecule has 3 nitrogen and oxygen atoms in total. The lowest BCUT2D eigenvalue weighted by Gasteiger charge is -2.39. The molecule has 1 aliphatic heterocycles. The molecule has 2 atom stereocenters. The van der Waals surface area contributed by atoms with Gasteiger partial charge in [-0.05, 0) is 12.5 Å². The van der Waals surface area contributed by atoms with Crippen LogP contribution in [-0.4, -0.2) is 30.0 Å². The van der Waals surface area contributed by atoms with Crippen molar-refractivity contribution in [2.75, 3.05) is 13.2 Å². The van der Waals surface area contributed by atoms with Gasteiger partial charge in [-0.1, -0.05) is 30.3 Å². The topological polar surface area (TPSA) is 29.5 Å². The summed E-state index contributed by atoms with van der Waals surface area (Å²) in [6.07, 6.45) is -0.588. The van der Waals surface area contributed by atoms with E-state index in [0.29, 0.717) is 0 Å². The minimum atomic E-state index is -2.30. The van der Waals surface area contributed by atoms with Crippen molar-refractivity contribution in [2.24, 2.45) is 0 Å². The Morgan fingerprint density at radius 2 is 1.50 bits per heavy atom. The molecule has 1 amide bonds. The van der Waals surface area contributed by atoms with Crippen molar-refractivity contribution in [1.29, 1.82) is 0 Å². The van der Waals surface area contributed by atoms with Crippen molar-refractivity contribution >= 4 is 5.91 Å². The third-order valence-electron chi connectivity index (χ3n) is 4.37. The zero-order chi connectivity index (χ0) is 19.0. The van der Waals surface area contributed by atoms with Crippen LogP contribution < -0.4 is 0 Å². The van der Waals surface area contributed by atoms with Crippen molar-refractivity contribution in [3.63, 3.8) is 0 Å². The highest BCUT2D eigenvalue weighted by Gasteiger charge is 2.38. The number of hydrogen-bond acceptors (Lipinski definition) is 2. The van der Waals surface area contributed by atoms with Gasteiger partial charge >= 0.3 is 0 Å². The fourth-order valence-electron chi connectivity index (χ4n) is 3.02. The highest BCUT2D eigenvalue weighted by atomic mass is 19.2. The van der Waals surface area contributed by atoms with Gasteiger partial charge in [0.25, 0.3) is 5.91 Å². The quantitative estimate of drug-likeness (QED) is 0.454. The smallest absolute Gasteiger partial charge is 0.260 e. The molecule has 0 aliphatic carbocycles. The fraction of sp³-hybridized carbons (Fsp3) is 0.278. The molecule has 26 heavy (non-hydrogen) atoms. The summed E-state index contributed by atoms with van der Waals surface area (Å²) in [5.41, 5.74) is -0.725. The Kier molecular flexibility index (Phi) is 4.95. The molecule has 1 heterocycles. The molecule has 1 saturated heterocycles. The van der Waals surface area contributed by atoms with E-state index in [4.69, 9.17) is 4.74 Å². The third kappa shape index (κ3) is 2.94.